The lowest BCUT2D eigenvalue weighted by Gasteiger charge is -2.34. The number of carbonyl (C=O) groups excluding carboxylic acids is 2. The van der Waals surface area contributed by atoms with E-state index in [2.05, 4.69) is 15.4 Å². The lowest BCUT2D eigenvalue weighted by atomic mass is 10.1. The topological polar surface area (TPSA) is 79.5 Å². The second-order valence-corrected chi connectivity index (χ2v) is 5.75. The molecule has 9 heteroatoms. The van der Waals surface area contributed by atoms with Crippen molar-refractivity contribution < 1.29 is 27.5 Å². The molecule has 1 atom stereocenters. The number of nitrogens with one attached hydrogen (secondary N) is 3. The molecule has 0 aromatic heterocycles. The molecule has 3 N–H and O–H groups in total. The van der Waals surface area contributed by atoms with Gasteiger partial charge >= 0.3 is 18.2 Å². The van der Waals surface area contributed by atoms with E-state index in [0.29, 0.717) is 5.56 Å². The van der Waals surface area contributed by atoms with Gasteiger partial charge < -0.3 is 15.4 Å². The molecule has 0 radical (unpaired) electrons. The fourth-order valence-corrected chi connectivity index (χ4v) is 2.38. The second kappa shape index (κ2) is 9.23. The van der Waals surface area contributed by atoms with E-state index < -0.39 is 23.8 Å². The minimum atomic E-state index is -5.16. The summed E-state index contributed by atoms with van der Waals surface area (Å²) in [6, 6.07) is 14.8. The van der Waals surface area contributed by atoms with E-state index in [-0.39, 0.29) is 18.8 Å². The van der Waals surface area contributed by atoms with Gasteiger partial charge in [-0.1, -0.05) is 48.5 Å². The maximum absolute atomic E-state index is 13.9. The zero-order valence-electron chi connectivity index (χ0n) is 15.0. The van der Waals surface area contributed by atoms with Gasteiger partial charge in [0, 0.05) is 12.2 Å². The number of para-hydroxylation sites is 1. The Kier molecular flexibility index (Phi) is 7.00. The fourth-order valence-electron chi connectivity index (χ4n) is 2.38. The summed E-state index contributed by atoms with van der Waals surface area (Å²) in [6.45, 7) is 0.761. The first-order chi connectivity index (χ1) is 13.3. The Morgan fingerprint density at radius 1 is 0.964 bits per heavy atom. The minimum absolute atomic E-state index is 0.267. The molecule has 0 aliphatic carbocycles. The number of hydrogen-bond donors (Lipinski definition) is 3. The third-order valence-corrected chi connectivity index (χ3v) is 3.74. The Morgan fingerprint density at radius 2 is 1.54 bits per heavy atom. The largest absolute Gasteiger partial charge is 0.463 e. The quantitative estimate of drug-likeness (QED) is 0.496. The molecule has 0 fully saturated rings. The average Bonchev–Trinajstić information content (AvgIpc) is 2.66. The molecule has 6 nitrogen and oxygen atoms in total. The van der Waals surface area contributed by atoms with E-state index >= 15 is 0 Å². The van der Waals surface area contributed by atoms with Crippen molar-refractivity contribution >= 4 is 17.7 Å². The summed E-state index contributed by atoms with van der Waals surface area (Å²) in [7, 11) is 0. The summed E-state index contributed by atoms with van der Waals surface area (Å²) in [5.74, 6) is -1.65. The molecule has 0 aliphatic rings. The standard InChI is InChI=1S/C19H20F3N3O3/c1-2-28-16(26)18(19(20,21)22,23-13-14-9-5-3-6-10-14)25-17(27)24-15-11-7-4-8-12-15/h3-12,23H,2,13H2,1H3,(H2,24,25,27)/t18-/m1/s1. The number of benzene rings is 2. The Hall–Kier alpha value is -3.07. The Labute approximate surface area is 160 Å². The number of esters is 1. The first kappa shape index (κ1) is 21.2. The molecule has 0 saturated heterocycles. The lowest BCUT2D eigenvalue weighted by molar-refractivity contribution is -0.218. The molecule has 28 heavy (non-hydrogen) atoms. The van der Waals surface area contributed by atoms with Gasteiger partial charge in [0.25, 0.3) is 5.66 Å². The van der Waals surface area contributed by atoms with Crippen LogP contribution < -0.4 is 16.0 Å². The Bertz CT molecular complexity index is 785. The maximum Gasteiger partial charge on any atom is 0.436 e. The predicted octanol–water partition coefficient (Wildman–Crippen LogP) is 3.42. The average molecular weight is 395 g/mol. The van der Waals surface area contributed by atoms with Gasteiger partial charge in [-0.2, -0.15) is 13.2 Å². The number of amides is 2. The van der Waals surface area contributed by atoms with E-state index in [9.17, 15) is 22.8 Å². The summed E-state index contributed by atoms with van der Waals surface area (Å²) in [5, 5.41) is 6.10. The van der Waals surface area contributed by atoms with Crippen LogP contribution in [0.3, 0.4) is 0 Å². The number of ether oxygens (including phenoxy) is 1. The van der Waals surface area contributed by atoms with Crippen LogP contribution in [0.25, 0.3) is 0 Å². The highest BCUT2D eigenvalue weighted by atomic mass is 19.4. The highest BCUT2D eigenvalue weighted by Gasteiger charge is 2.63. The van der Waals surface area contributed by atoms with Gasteiger partial charge in [0.1, 0.15) is 0 Å². The van der Waals surface area contributed by atoms with Crippen LogP contribution in [-0.4, -0.2) is 30.4 Å². The highest BCUT2D eigenvalue weighted by molar-refractivity contribution is 5.94. The van der Waals surface area contributed by atoms with Gasteiger partial charge in [-0.3, -0.25) is 5.32 Å². The zero-order chi connectivity index (χ0) is 20.6. The Balaban J connectivity index is 2.29. The third kappa shape index (κ3) is 5.23. The number of carbonyl (C=O) groups is 2. The Morgan fingerprint density at radius 3 is 2.07 bits per heavy atom. The first-order valence-electron chi connectivity index (χ1n) is 8.45. The SMILES string of the molecule is CCOC(=O)[C@@](NCc1ccccc1)(NC(=O)Nc1ccccc1)C(F)(F)F. The summed E-state index contributed by atoms with van der Waals surface area (Å²) >= 11 is 0. The summed E-state index contributed by atoms with van der Waals surface area (Å²) in [4.78, 5) is 24.5. The first-order valence-corrected chi connectivity index (χ1v) is 8.45. The number of urea groups is 1. The van der Waals surface area contributed by atoms with Crippen molar-refractivity contribution in [1.82, 2.24) is 10.6 Å². The summed E-state index contributed by atoms with van der Waals surface area (Å²) in [6.07, 6.45) is -5.16. The van der Waals surface area contributed by atoms with Crippen molar-refractivity contribution in [3.8, 4) is 0 Å². The van der Waals surface area contributed by atoms with Crippen LogP contribution in [0.1, 0.15) is 12.5 Å². The van der Waals surface area contributed by atoms with Crippen LogP contribution in [0, 0.1) is 0 Å². The molecule has 2 aromatic rings. The summed E-state index contributed by atoms with van der Waals surface area (Å²) in [5.41, 5.74) is -2.66. The third-order valence-electron chi connectivity index (χ3n) is 3.74. The second-order valence-electron chi connectivity index (χ2n) is 5.75. The van der Waals surface area contributed by atoms with Crippen LogP contribution in [0.4, 0.5) is 23.7 Å². The van der Waals surface area contributed by atoms with Crippen LogP contribution in [0.15, 0.2) is 60.7 Å². The van der Waals surface area contributed by atoms with Gasteiger partial charge in [-0.15, -0.1) is 0 Å². The van der Waals surface area contributed by atoms with Crippen molar-refractivity contribution in [2.75, 3.05) is 11.9 Å². The zero-order valence-corrected chi connectivity index (χ0v) is 15.0. The van der Waals surface area contributed by atoms with E-state index in [1.165, 1.54) is 19.1 Å². The predicted molar refractivity (Wildman–Crippen MR) is 97.3 cm³/mol. The number of halogens is 3. The van der Waals surface area contributed by atoms with Crippen molar-refractivity contribution in [2.24, 2.45) is 0 Å². The lowest BCUT2D eigenvalue weighted by Crippen LogP contribution is -2.73. The van der Waals surface area contributed by atoms with Gasteiger partial charge in [0.15, 0.2) is 0 Å². The molecule has 0 saturated carbocycles. The summed E-state index contributed by atoms with van der Waals surface area (Å²) < 4.78 is 46.4. The molecule has 2 aromatic carbocycles. The van der Waals surface area contributed by atoms with Gasteiger partial charge in [0.05, 0.1) is 6.61 Å². The molecule has 0 bridgehead atoms. The van der Waals surface area contributed by atoms with E-state index in [0.717, 1.165) is 0 Å². The maximum atomic E-state index is 13.9. The van der Waals surface area contributed by atoms with Crippen molar-refractivity contribution in [2.45, 2.75) is 25.3 Å². The van der Waals surface area contributed by atoms with Gasteiger partial charge in [-0.05, 0) is 24.6 Å². The van der Waals surface area contributed by atoms with Crippen molar-refractivity contribution in [1.29, 1.82) is 0 Å². The van der Waals surface area contributed by atoms with Gasteiger partial charge in [-0.25, -0.2) is 9.59 Å². The van der Waals surface area contributed by atoms with Crippen LogP contribution in [0.5, 0.6) is 0 Å². The van der Waals surface area contributed by atoms with Gasteiger partial charge in [0.2, 0.25) is 0 Å². The van der Waals surface area contributed by atoms with Crippen molar-refractivity contribution in [3.05, 3.63) is 66.2 Å². The smallest absolute Gasteiger partial charge is 0.436 e. The van der Waals surface area contributed by atoms with E-state index in [1.54, 1.807) is 53.8 Å². The highest BCUT2D eigenvalue weighted by Crippen LogP contribution is 2.30. The molecular formula is C19H20F3N3O3. The molecule has 2 rings (SSSR count). The number of alkyl halides is 3. The van der Waals surface area contributed by atoms with Crippen LogP contribution in [0.2, 0.25) is 0 Å². The van der Waals surface area contributed by atoms with Crippen LogP contribution in [-0.2, 0) is 16.1 Å². The minimum Gasteiger partial charge on any atom is -0.463 e. The molecular weight excluding hydrogens is 375 g/mol. The van der Waals surface area contributed by atoms with Crippen molar-refractivity contribution in [3.63, 3.8) is 0 Å². The molecule has 0 unspecified atom stereocenters. The number of rotatable bonds is 7. The van der Waals surface area contributed by atoms with E-state index in [4.69, 9.17) is 0 Å². The van der Waals surface area contributed by atoms with E-state index in [1.807, 2.05) is 0 Å². The molecule has 150 valence electrons. The monoisotopic (exact) mass is 395 g/mol. The fraction of sp³-hybridized carbons (Fsp3) is 0.263. The molecule has 2 amide bonds. The molecule has 0 aliphatic heterocycles. The molecule has 0 heterocycles. The van der Waals surface area contributed by atoms with Crippen LogP contribution >= 0.6 is 0 Å². The number of anilines is 1. The normalized spacial score (nSPS) is 13.3. The number of hydrogen-bond acceptors (Lipinski definition) is 4. The molecule has 0 spiro atoms.